The summed E-state index contributed by atoms with van der Waals surface area (Å²) in [5, 5.41) is 7.01. The largest absolute Gasteiger partial charge is 0.384 e. The summed E-state index contributed by atoms with van der Waals surface area (Å²) in [6.07, 6.45) is 20.1. The van der Waals surface area contributed by atoms with Gasteiger partial charge in [0, 0.05) is 67.4 Å². The van der Waals surface area contributed by atoms with Crippen molar-refractivity contribution >= 4 is 57.4 Å². The average molecular weight is 542 g/mol. The Bertz CT molecular complexity index is 1230. The lowest BCUT2D eigenvalue weighted by atomic mass is 10.1. The summed E-state index contributed by atoms with van der Waals surface area (Å²) in [6.45, 7) is 1.90. The van der Waals surface area contributed by atoms with Crippen LogP contribution in [-0.2, 0) is 7.05 Å². The summed E-state index contributed by atoms with van der Waals surface area (Å²) in [6, 6.07) is 23.3. The molecule has 0 spiro atoms. The van der Waals surface area contributed by atoms with E-state index in [1.165, 1.54) is 16.8 Å². The highest BCUT2D eigenvalue weighted by Gasteiger charge is 1.99. The molecule has 196 valence electrons. The standard InChI is InChI=1S/C32H36N4S2/c1-33-22-8-5-3-4-6-10-28-12-17-30(18-13-28)34-23-26-37-38-27-24-35-31-19-14-29(15-20-31)16-21-32-11-7-9-25-36(32)2/h3-22,25H,23-24,26-27H2,1-2H3,(H,33,34)/p+1. The van der Waals surface area contributed by atoms with E-state index in [0.29, 0.717) is 0 Å². The quantitative estimate of drug-likeness (QED) is 0.0691. The molecule has 38 heavy (non-hydrogen) atoms. The van der Waals surface area contributed by atoms with Gasteiger partial charge < -0.3 is 10.6 Å². The summed E-state index contributed by atoms with van der Waals surface area (Å²) in [5.74, 6) is 2.13. The third-order valence-electron chi connectivity index (χ3n) is 5.44. The molecule has 0 aliphatic rings. The van der Waals surface area contributed by atoms with Gasteiger partial charge in [-0.2, -0.15) is 0 Å². The van der Waals surface area contributed by atoms with Crippen LogP contribution < -0.4 is 15.2 Å². The number of anilines is 2. The van der Waals surface area contributed by atoms with Crippen molar-refractivity contribution in [3.63, 3.8) is 0 Å². The molecule has 0 aliphatic carbocycles. The Morgan fingerprint density at radius 3 is 1.87 bits per heavy atom. The van der Waals surface area contributed by atoms with Crippen LogP contribution in [0.5, 0.6) is 0 Å². The maximum absolute atomic E-state index is 3.90. The third kappa shape index (κ3) is 11.7. The van der Waals surface area contributed by atoms with Crippen molar-refractivity contribution < 1.29 is 4.57 Å². The monoisotopic (exact) mass is 541 g/mol. The zero-order chi connectivity index (χ0) is 26.7. The Hall–Kier alpha value is -3.48. The van der Waals surface area contributed by atoms with Crippen LogP contribution in [0.3, 0.4) is 0 Å². The second-order valence-electron chi connectivity index (χ2n) is 8.35. The number of allylic oxidation sites excluding steroid dienone is 5. The van der Waals surface area contributed by atoms with Gasteiger partial charge in [-0.15, -0.1) is 0 Å². The van der Waals surface area contributed by atoms with Gasteiger partial charge in [-0.05, 0) is 53.6 Å². The highest BCUT2D eigenvalue weighted by atomic mass is 33.1. The zero-order valence-corrected chi connectivity index (χ0v) is 23.8. The third-order valence-corrected chi connectivity index (χ3v) is 7.85. The van der Waals surface area contributed by atoms with E-state index >= 15 is 0 Å². The average Bonchev–Trinajstić information content (AvgIpc) is 2.95. The van der Waals surface area contributed by atoms with Crippen molar-refractivity contribution in [3.05, 3.63) is 120 Å². The lowest BCUT2D eigenvalue weighted by Gasteiger charge is -2.08. The lowest BCUT2D eigenvalue weighted by molar-refractivity contribution is -0.673. The van der Waals surface area contributed by atoms with E-state index in [9.17, 15) is 0 Å². The van der Waals surface area contributed by atoms with Crippen LogP contribution in [0, 0.1) is 0 Å². The summed E-state index contributed by atoms with van der Waals surface area (Å²) in [5.41, 5.74) is 5.87. The fourth-order valence-corrected chi connectivity index (χ4v) is 5.22. The Labute approximate surface area is 235 Å². The maximum atomic E-state index is 3.90. The van der Waals surface area contributed by atoms with Gasteiger partial charge in [0.05, 0.1) is 0 Å². The van der Waals surface area contributed by atoms with Crippen molar-refractivity contribution in [2.45, 2.75) is 0 Å². The molecule has 0 unspecified atom stereocenters. The SMILES string of the molecule is CN=C\C=C/C=C/C=C/c1ccc(NCCSSCCNc2ccc(/C=C/c3cccc[n+]3C)cc2)cc1. The Morgan fingerprint density at radius 1 is 0.684 bits per heavy atom. The first kappa shape index (κ1) is 29.1. The molecule has 3 aromatic rings. The van der Waals surface area contributed by atoms with Crippen LogP contribution in [0.1, 0.15) is 16.8 Å². The summed E-state index contributed by atoms with van der Waals surface area (Å²) in [7, 11) is 7.64. The number of hydrogen-bond donors (Lipinski definition) is 2. The van der Waals surface area contributed by atoms with Crippen molar-refractivity contribution in [1.82, 2.24) is 0 Å². The summed E-state index contributed by atoms with van der Waals surface area (Å²) < 4.78 is 2.11. The van der Waals surface area contributed by atoms with Crippen molar-refractivity contribution in [2.75, 3.05) is 42.3 Å². The van der Waals surface area contributed by atoms with Gasteiger partial charge in [-0.25, -0.2) is 4.57 Å². The zero-order valence-electron chi connectivity index (χ0n) is 22.2. The normalized spacial score (nSPS) is 12.1. The number of benzene rings is 2. The van der Waals surface area contributed by atoms with E-state index < -0.39 is 0 Å². The van der Waals surface area contributed by atoms with E-state index in [1.807, 2.05) is 58.0 Å². The van der Waals surface area contributed by atoms with Gasteiger partial charge in [0.2, 0.25) is 5.69 Å². The van der Waals surface area contributed by atoms with Gasteiger partial charge in [0.1, 0.15) is 7.05 Å². The smallest absolute Gasteiger partial charge is 0.204 e. The minimum Gasteiger partial charge on any atom is -0.384 e. The van der Waals surface area contributed by atoms with Gasteiger partial charge in [0.15, 0.2) is 6.20 Å². The highest BCUT2D eigenvalue weighted by Crippen LogP contribution is 2.21. The number of aromatic nitrogens is 1. The highest BCUT2D eigenvalue weighted by molar-refractivity contribution is 8.76. The minimum atomic E-state index is 0.951. The molecule has 4 nitrogen and oxygen atoms in total. The topological polar surface area (TPSA) is 40.3 Å². The molecule has 0 aliphatic heterocycles. The van der Waals surface area contributed by atoms with E-state index in [4.69, 9.17) is 0 Å². The number of pyridine rings is 1. The molecule has 0 saturated carbocycles. The number of aryl methyl sites for hydroxylation is 1. The van der Waals surface area contributed by atoms with Crippen molar-refractivity contribution in [1.29, 1.82) is 0 Å². The van der Waals surface area contributed by atoms with E-state index in [0.717, 1.165) is 36.0 Å². The molecule has 1 aromatic heterocycles. The maximum Gasteiger partial charge on any atom is 0.204 e. The van der Waals surface area contributed by atoms with E-state index in [2.05, 4.69) is 112 Å². The Morgan fingerprint density at radius 2 is 1.26 bits per heavy atom. The van der Waals surface area contributed by atoms with Gasteiger partial charge in [-0.3, -0.25) is 4.99 Å². The molecule has 2 aromatic carbocycles. The van der Waals surface area contributed by atoms with Gasteiger partial charge >= 0.3 is 0 Å². The molecular weight excluding hydrogens is 505 g/mol. The van der Waals surface area contributed by atoms with Crippen molar-refractivity contribution in [3.8, 4) is 0 Å². The molecule has 0 bridgehead atoms. The molecule has 1 heterocycles. The fraction of sp³-hybridized carbons (Fsp3) is 0.188. The second-order valence-corrected chi connectivity index (χ2v) is 11.0. The predicted molar refractivity (Wildman–Crippen MR) is 173 cm³/mol. The number of aliphatic imine (C=N–C) groups is 1. The minimum absolute atomic E-state index is 0.951. The fourth-order valence-electron chi connectivity index (χ4n) is 3.40. The van der Waals surface area contributed by atoms with Crippen molar-refractivity contribution in [2.24, 2.45) is 12.0 Å². The van der Waals surface area contributed by atoms with Crippen LogP contribution in [0.2, 0.25) is 0 Å². The first-order valence-electron chi connectivity index (χ1n) is 12.7. The van der Waals surface area contributed by atoms with E-state index in [-0.39, 0.29) is 0 Å². The molecular formula is C32H37N4S2+. The predicted octanol–water partition coefficient (Wildman–Crippen LogP) is 7.41. The summed E-state index contributed by atoms with van der Waals surface area (Å²) >= 11 is 0. The van der Waals surface area contributed by atoms with Crippen LogP contribution in [0.4, 0.5) is 11.4 Å². The van der Waals surface area contributed by atoms with Gasteiger partial charge in [0.25, 0.3) is 0 Å². The first-order valence-corrected chi connectivity index (χ1v) is 15.2. The van der Waals surface area contributed by atoms with Crippen LogP contribution in [-0.4, -0.2) is 37.9 Å². The number of rotatable bonds is 15. The van der Waals surface area contributed by atoms with Crippen LogP contribution in [0.25, 0.3) is 18.2 Å². The van der Waals surface area contributed by atoms with Crippen LogP contribution >= 0.6 is 21.6 Å². The molecule has 0 radical (unpaired) electrons. The number of nitrogens with one attached hydrogen (secondary N) is 2. The Balaban J connectivity index is 1.24. The van der Waals surface area contributed by atoms with Crippen LogP contribution in [0.15, 0.2) is 108 Å². The van der Waals surface area contributed by atoms with E-state index in [1.54, 1.807) is 13.3 Å². The number of hydrogen-bond acceptors (Lipinski definition) is 5. The first-order chi connectivity index (χ1) is 18.7. The molecule has 0 atom stereocenters. The summed E-state index contributed by atoms with van der Waals surface area (Å²) in [4.78, 5) is 3.90. The Kier molecular flexibility index (Phi) is 13.7. The molecule has 0 fully saturated rings. The molecule has 0 amide bonds. The molecule has 6 heteroatoms. The number of nitrogens with zero attached hydrogens (tertiary/aromatic N) is 2. The molecule has 0 saturated heterocycles. The lowest BCUT2D eigenvalue weighted by Crippen LogP contribution is -2.30. The second kappa shape index (κ2) is 17.9. The van der Waals surface area contributed by atoms with Gasteiger partial charge in [-0.1, -0.05) is 76.2 Å². The molecule has 2 N–H and O–H groups in total. The molecule has 3 rings (SSSR count).